The summed E-state index contributed by atoms with van der Waals surface area (Å²) in [6.07, 6.45) is 1.43. The molecule has 0 bridgehead atoms. The molecule has 2 heterocycles. The first-order valence-corrected chi connectivity index (χ1v) is 11.4. The maximum absolute atomic E-state index is 5.64. The van der Waals surface area contributed by atoms with Crippen LogP contribution < -0.4 is 10.6 Å². The summed E-state index contributed by atoms with van der Waals surface area (Å²) in [6, 6.07) is 13.1. The molecule has 2 atom stereocenters. The fourth-order valence-electron chi connectivity index (χ4n) is 3.65. The van der Waals surface area contributed by atoms with E-state index in [1.54, 1.807) is 0 Å². The molecule has 2 aromatic rings. The first-order chi connectivity index (χ1) is 14.1. The standard InChI is InChI=1S/C23H34N4OS.HI/c1-18(12-22-8-5-11-29-22)14-25-23(24-3)26-15-20-6-4-7-21(13-20)17-27-9-10-28-19(2)16-27;/h4-8,11,13,18-19H,9-10,12,14-17H2,1-3H3,(H2,24,25,26);1H. The van der Waals surface area contributed by atoms with Gasteiger partial charge in [-0.3, -0.25) is 9.89 Å². The predicted molar refractivity (Wildman–Crippen MR) is 138 cm³/mol. The van der Waals surface area contributed by atoms with Gasteiger partial charge in [-0.25, -0.2) is 0 Å². The molecule has 1 fully saturated rings. The quantitative estimate of drug-likeness (QED) is 0.299. The van der Waals surface area contributed by atoms with Crippen molar-refractivity contribution in [2.45, 2.75) is 39.5 Å². The molecule has 0 radical (unpaired) electrons. The minimum absolute atomic E-state index is 0. The van der Waals surface area contributed by atoms with E-state index in [0.717, 1.165) is 51.7 Å². The van der Waals surface area contributed by atoms with Crippen LogP contribution in [0.2, 0.25) is 0 Å². The summed E-state index contributed by atoms with van der Waals surface area (Å²) in [6.45, 7) is 9.92. The molecular formula is C23H35IN4OS. The number of rotatable bonds is 8. The van der Waals surface area contributed by atoms with Crippen LogP contribution in [0.3, 0.4) is 0 Å². The van der Waals surface area contributed by atoms with Crippen molar-refractivity contribution in [2.24, 2.45) is 10.9 Å². The van der Waals surface area contributed by atoms with Crippen molar-refractivity contribution in [3.8, 4) is 0 Å². The van der Waals surface area contributed by atoms with E-state index in [-0.39, 0.29) is 24.0 Å². The molecule has 1 saturated heterocycles. The Hall–Kier alpha value is -1.16. The summed E-state index contributed by atoms with van der Waals surface area (Å²) in [5, 5.41) is 9.05. The average Bonchev–Trinajstić information content (AvgIpc) is 3.21. The largest absolute Gasteiger partial charge is 0.376 e. The molecule has 5 nitrogen and oxygen atoms in total. The second kappa shape index (κ2) is 13.3. The van der Waals surface area contributed by atoms with Gasteiger partial charge >= 0.3 is 0 Å². The summed E-state index contributed by atoms with van der Waals surface area (Å²) in [4.78, 5) is 8.28. The first kappa shape index (κ1) is 25.1. The van der Waals surface area contributed by atoms with Crippen LogP contribution in [-0.4, -0.2) is 50.3 Å². The molecule has 3 rings (SSSR count). The van der Waals surface area contributed by atoms with Crippen LogP contribution in [-0.2, 0) is 24.2 Å². The van der Waals surface area contributed by atoms with E-state index >= 15 is 0 Å². The SMILES string of the molecule is CN=C(NCc1cccc(CN2CCOC(C)C2)c1)NCC(C)Cc1cccs1.I. The number of morpholine rings is 1. The van der Waals surface area contributed by atoms with Gasteiger partial charge in [0.2, 0.25) is 0 Å². The highest BCUT2D eigenvalue weighted by atomic mass is 127. The predicted octanol–water partition coefficient (Wildman–Crippen LogP) is 4.13. The molecular weight excluding hydrogens is 507 g/mol. The Kier molecular flexibility index (Phi) is 11.1. The number of nitrogens with zero attached hydrogens (tertiary/aromatic N) is 2. The van der Waals surface area contributed by atoms with Gasteiger partial charge in [0.15, 0.2) is 5.96 Å². The van der Waals surface area contributed by atoms with Crippen LogP contribution in [0.15, 0.2) is 46.8 Å². The van der Waals surface area contributed by atoms with E-state index in [2.05, 4.69) is 76.2 Å². The van der Waals surface area contributed by atoms with Crippen molar-refractivity contribution in [1.29, 1.82) is 0 Å². The zero-order chi connectivity index (χ0) is 20.5. The summed E-state index contributed by atoms with van der Waals surface area (Å²) >= 11 is 1.83. The van der Waals surface area contributed by atoms with Crippen molar-refractivity contribution >= 4 is 41.3 Å². The number of thiophene rings is 1. The van der Waals surface area contributed by atoms with Crippen LogP contribution >= 0.6 is 35.3 Å². The Morgan fingerprint density at radius 2 is 2.10 bits per heavy atom. The number of hydrogen-bond donors (Lipinski definition) is 2. The van der Waals surface area contributed by atoms with Crippen LogP contribution in [0.25, 0.3) is 0 Å². The third-order valence-corrected chi connectivity index (χ3v) is 6.05. The molecule has 2 N–H and O–H groups in total. The Balaban J connectivity index is 0.00000320. The summed E-state index contributed by atoms with van der Waals surface area (Å²) < 4.78 is 5.64. The molecule has 0 amide bonds. The van der Waals surface area contributed by atoms with Gasteiger partial charge in [0.1, 0.15) is 0 Å². The maximum atomic E-state index is 5.64. The average molecular weight is 543 g/mol. The van der Waals surface area contributed by atoms with E-state index in [9.17, 15) is 0 Å². The normalized spacial score (nSPS) is 18.5. The van der Waals surface area contributed by atoms with E-state index < -0.39 is 0 Å². The van der Waals surface area contributed by atoms with Gasteiger partial charge < -0.3 is 15.4 Å². The summed E-state index contributed by atoms with van der Waals surface area (Å²) in [7, 11) is 1.83. The zero-order valence-corrected chi connectivity index (χ0v) is 21.4. The number of hydrogen-bond acceptors (Lipinski definition) is 4. The number of guanidine groups is 1. The topological polar surface area (TPSA) is 48.9 Å². The molecule has 166 valence electrons. The minimum atomic E-state index is 0. The Morgan fingerprint density at radius 3 is 2.83 bits per heavy atom. The fraction of sp³-hybridized carbons (Fsp3) is 0.522. The number of ether oxygens (including phenoxy) is 1. The first-order valence-electron chi connectivity index (χ1n) is 10.5. The van der Waals surface area contributed by atoms with Gasteiger partial charge in [0.05, 0.1) is 12.7 Å². The Bertz CT molecular complexity index is 768. The smallest absolute Gasteiger partial charge is 0.191 e. The highest BCUT2D eigenvalue weighted by molar-refractivity contribution is 14.0. The second-order valence-electron chi connectivity index (χ2n) is 7.93. The van der Waals surface area contributed by atoms with Gasteiger partial charge in [0.25, 0.3) is 0 Å². The highest BCUT2D eigenvalue weighted by Crippen LogP contribution is 2.14. The van der Waals surface area contributed by atoms with E-state index in [1.165, 1.54) is 16.0 Å². The van der Waals surface area contributed by atoms with E-state index in [1.807, 2.05) is 18.4 Å². The molecule has 1 aliphatic heterocycles. The molecule has 0 saturated carbocycles. The lowest BCUT2D eigenvalue weighted by atomic mass is 10.1. The van der Waals surface area contributed by atoms with Crippen LogP contribution in [0.5, 0.6) is 0 Å². The van der Waals surface area contributed by atoms with Gasteiger partial charge in [-0.1, -0.05) is 37.3 Å². The molecule has 30 heavy (non-hydrogen) atoms. The number of benzene rings is 1. The van der Waals surface area contributed by atoms with Crippen molar-refractivity contribution in [3.63, 3.8) is 0 Å². The summed E-state index contributed by atoms with van der Waals surface area (Å²) in [5.74, 6) is 1.42. The van der Waals surface area contributed by atoms with E-state index in [0.29, 0.717) is 12.0 Å². The van der Waals surface area contributed by atoms with Crippen molar-refractivity contribution < 1.29 is 4.74 Å². The molecule has 1 aromatic carbocycles. The third-order valence-electron chi connectivity index (χ3n) is 5.15. The fourth-order valence-corrected chi connectivity index (χ4v) is 4.52. The van der Waals surface area contributed by atoms with Crippen molar-refractivity contribution in [2.75, 3.05) is 33.3 Å². The molecule has 2 unspecified atom stereocenters. The lowest BCUT2D eigenvalue weighted by Crippen LogP contribution is -2.40. The van der Waals surface area contributed by atoms with Crippen LogP contribution in [0.1, 0.15) is 29.9 Å². The maximum Gasteiger partial charge on any atom is 0.191 e. The summed E-state index contributed by atoms with van der Waals surface area (Å²) in [5.41, 5.74) is 2.63. The monoisotopic (exact) mass is 542 g/mol. The Labute approximate surface area is 202 Å². The van der Waals surface area contributed by atoms with Crippen LogP contribution in [0.4, 0.5) is 0 Å². The number of nitrogens with one attached hydrogen (secondary N) is 2. The molecule has 1 aromatic heterocycles. The molecule has 1 aliphatic rings. The van der Waals surface area contributed by atoms with Gasteiger partial charge in [-0.15, -0.1) is 35.3 Å². The van der Waals surface area contributed by atoms with Crippen LogP contribution in [0, 0.1) is 5.92 Å². The van der Waals surface area contributed by atoms with E-state index in [4.69, 9.17) is 4.74 Å². The van der Waals surface area contributed by atoms with Crippen molar-refractivity contribution in [3.05, 3.63) is 57.8 Å². The molecule has 0 spiro atoms. The lowest BCUT2D eigenvalue weighted by molar-refractivity contribution is -0.0212. The van der Waals surface area contributed by atoms with Gasteiger partial charge in [-0.05, 0) is 41.8 Å². The lowest BCUT2D eigenvalue weighted by Gasteiger charge is -2.31. The number of aliphatic imine (C=N–C) groups is 1. The minimum Gasteiger partial charge on any atom is -0.376 e. The third kappa shape index (κ3) is 8.53. The highest BCUT2D eigenvalue weighted by Gasteiger charge is 2.16. The second-order valence-corrected chi connectivity index (χ2v) is 8.96. The Morgan fingerprint density at radius 1 is 1.27 bits per heavy atom. The zero-order valence-electron chi connectivity index (χ0n) is 18.3. The van der Waals surface area contributed by atoms with Crippen molar-refractivity contribution in [1.82, 2.24) is 15.5 Å². The van der Waals surface area contributed by atoms with Gasteiger partial charge in [0, 0.05) is 44.6 Å². The van der Waals surface area contributed by atoms with Gasteiger partial charge in [-0.2, -0.15) is 0 Å². The molecule has 7 heteroatoms. The molecule has 0 aliphatic carbocycles. The number of halogens is 1.